The van der Waals surface area contributed by atoms with E-state index in [2.05, 4.69) is 5.32 Å². The van der Waals surface area contributed by atoms with Crippen molar-refractivity contribution in [3.05, 3.63) is 0 Å². The minimum absolute atomic E-state index is 0.155. The maximum absolute atomic E-state index is 10.5. The molecule has 5 heteroatoms. The van der Waals surface area contributed by atoms with Gasteiger partial charge in [0.15, 0.2) is 5.79 Å². The fourth-order valence-electron chi connectivity index (χ4n) is 1.21. The zero-order valence-corrected chi connectivity index (χ0v) is 8.71. The molecule has 3 N–H and O–H groups in total. The third-order valence-corrected chi connectivity index (χ3v) is 2.07. The van der Waals surface area contributed by atoms with E-state index in [1.807, 2.05) is 13.8 Å². The van der Waals surface area contributed by atoms with E-state index in [9.17, 15) is 4.79 Å². The van der Waals surface area contributed by atoms with Gasteiger partial charge < -0.3 is 20.5 Å². The first-order valence-corrected chi connectivity index (χ1v) is 4.79. The summed E-state index contributed by atoms with van der Waals surface area (Å²) in [6, 6.07) is 0.155. The van der Waals surface area contributed by atoms with Crippen LogP contribution in [-0.2, 0) is 14.3 Å². The molecule has 0 spiro atoms. The molecule has 1 fully saturated rings. The van der Waals surface area contributed by atoms with Gasteiger partial charge in [-0.25, -0.2) is 0 Å². The number of carbonyl (C=O) groups is 1. The van der Waals surface area contributed by atoms with Crippen LogP contribution in [0.4, 0.5) is 0 Å². The third kappa shape index (κ3) is 4.04. The van der Waals surface area contributed by atoms with Crippen LogP contribution in [0.3, 0.4) is 0 Å². The Bertz CT molecular complexity index is 196. The second-order valence-electron chi connectivity index (χ2n) is 3.89. The van der Waals surface area contributed by atoms with Gasteiger partial charge in [0.05, 0.1) is 19.3 Å². The minimum atomic E-state index is -0.484. The van der Waals surface area contributed by atoms with E-state index >= 15 is 0 Å². The summed E-state index contributed by atoms with van der Waals surface area (Å²) in [6.45, 7) is 5.55. The summed E-state index contributed by atoms with van der Waals surface area (Å²) in [6.07, 6.45) is 0.347. The van der Waals surface area contributed by atoms with Gasteiger partial charge in [0.2, 0.25) is 5.91 Å². The molecular formula is C9H18N2O3. The molecule has 0 unspecified atom stereocenters. The van der Waals surface area contributed by atoms with Gasteiger partial charge >= 0.3 is 0 Å². The van der Waals surface area contributed by atoms with Crippen molar-refractivity contribution in [1.29, 1.82) is 0 Å². The molecule has 0 radical (unpaired) electrons. The Morgan fingerprint density at radius 1 is 1.50 bits per heavy atom. The highest BCUT2D eigenvalue weighted by Gasteiger charge is 2.27. The molecule has 0 atom stereocenters. The maximum atomic E-state index is 10.5. The fourth-order valence-corrected chi connectivity index (χ4v) is 1.21. The molecule has 0 aromatic heterocycles. The molecule has 0 aromatic carbocycles. The number of nitrogens with one attached hydrogen (secondary N) is 1. The average molecular weight is 202 g/mol. The molecule has 1 amide bonds. The quantitative estimate of drug-likeness (QED) is 0.650. The zero-order valence-electron chi connectivity index (χ0n) is 8.71. The van der Waals surface area contributed by atoms with Gasteiger partial charge in [0.25, 0.3) is 0 Å². The molecule has 5 nitrogen and oxygen atoms in total. The molecule has 82 valence electrons. The van der Waals surface area contributed by atoms with Crippen LogP contribution in [-0.4, -0.2) is 37.5 Å². The van der Waals surface area contributed by atoms with Crippen molar-refractivity contribution in [3.8, 4) is 0 Å². The standard InChI is InChI=1S/C9H18N2O3/c1-9(2)13-5-7(6-14-9)11-4-3-8(10)12/h7,11H,3-6H2,1-2H3,(H2,10,12). The SMILES string of the molecule is CC1(C)OCC(NCCC(N)=O)CO1. The van der Waals surface area contributed by atoms with Gasteiger partial charge in [-0.15, -0.1) is 0 Å². The van der Waals surface area contributed by atoms with E-state index in [-0.39, 0.29) is 11.9 Å². The van der Waals surface area contributed by atoms with Crippen LogP contribution >= 0.6 is 0 Å². The summed E-state index contributed by atoms with van der Waals surface area (Å²) in [5.41, 5.74) is 5.01. The second kappa shape index (κ2) is 4.72. The van der Waals surface area contributed by atoms with Gasteiger partial charge in [-0.3, -0.25) is 4.79 Å². The van der Waals surface area contributed by atoms with Gasteiger partial charge in [-0.05, 0) is 13.8 Å². The fraction of sp³-hybridized carbons (Fsp3) is 0.889. The van der Waals surface area contributed by atoms with Crippen molar-refractivity contribution in [1.82, 2.24) is 5.32 Å². The smallest absolute Gasteiger partial charge is 0.218 e. The zero-order chi connectivity index (χ0) is 10.6. The van der Waals surface area contributed by atoms with Crippen LogP contribution in [0.2, 0.25) is 0 Å². The number of ether oxygens (including phenoxy) is 2. The van der Waals surface area contributed by atoms with Crippen LogP contribution in [0, 0.1) is 0 Å². The normalized spacial score (nSPS) is 22.1. The molecule has 1 rings (SSSR count). The van der Waals surface area contributed by atoms with Crippen LogP contribution in [0.1, 0.15) is 20.3 Å². The predicted molar refractivity (Wildman–Crippen MR) is 51.6 cm³/mol. The Labute approximate surface area is 83.9 Å². The first-order valence-electron chi connectivity index (χ1n) is 4.79. The molecule has 0 aromatic rings. The molecule has 14 heavy (non-hydrogen) atoms. The predicted octanol–water partition coefficient (Wildman–Crippen LogP) is -0.397. The van der Waals surface area contributed by atoms with E-state index in [1.54, 1.807) is 0 Å². The Hall–Kier alpha value is -0.650. The Morgan fingerprint density at radius 2 is 2.07 bits per heavy atom. The van der Waals surface area contributed by atoms with Crippen molar-refractivity contribution in [2.24, 2.45) is 5.73 Å². The topological polar surface area (TPSA) is 73.6 Å². The molecule has 1 heterocycles. The van der Waals surface area contributed by atoms with Crippen molar-refractivity contribution in [3.63, 3.8) is 0 Å². The summed E-state index contributed by atoms with van der Waals surface area (Å²) in [4.78, 5) is 10.5. The maximum Gasteiger partial charge on any atom is 0.218 e. The lowest BCUT2D eigenvalue weighted by Gasteiger charge is -2.35. The first-order chi connectivity index (χ1) is 6.49. The molecular weight excluding hydrogens is 184 g/mol. The monoisotopic (exact) mass is 202 g/mol. The number of rotatable bonds is 4. The van der Waals surface area contributed by atoms with E-state index in [0.29, 0.717) is 26.2 Å². The number of hydrogen-bond acceptors (Lipinski definition) is 4. The van der Waals surface area contributed by atoms with Crippen molar-refractivity contribution >= 4 is 5.91 Å². The van der Waals surface area contributed by atoms with E-state index in [4.69, 9.17) is 15.2 Å². The van der Waals surface area contributed by atoms with Crippen LogP contribution < -0.4 is 11.1 Å². The molecule has 0 bridgehead atoms. The summed E-state index contributed by atoms with van der Waals surface area (Å²) >= 11 is 0. The first kappa shape index (κ1) is 11.4. The Morgan fingerprint density at radius 3 is 2.57 bits per heavy atom. The second-order valence-corrected chi connectivity index (χ2v) is 3.89. The number of carbonyl (C=O) groups excluding carboxylic acids is 1. The van der Waals surface area contributed by atoms with E-state index in [0.717, 1.165) is 0 Å². The van der Waals surface area contributed by atoms with Gasteiger partial charge in [-0.2, -0.15) is 0 Å². The number of hydrogen-bond donors (Lipinski definition) is 2. The molecule has 1 aliphatic rings. The van der Waals surface area contributed by atoms with Crippen LogP contribution in [0.25, 0.3) is 0 Å². The van der Waals surface area contributed by atoms with Crippen LogP contribution in [0.5, 0.6) is 0 Å². The number of nitrogens with two attached hydrogens (primary N) is 1. The van der Waals surface area contributed by atoms with Crippen LogP contribution in [0.15, 0.2) is 0 Å². The highest BCUT2D eigenvalue weighted by atomic mass is 16.7. The minimum Gasteiger partial charge on any atom is -0.370 e. The summed E-state index contributed by atoms with van der Waals surface area (Å²) in [5, 5.41) is 3.14. The largest absolute Gasteiger partial charge is 0.370 e. The van der Waals surface area contributed by atoms with E-state index < -0.39 is 5.79 Å². The summed E-state index contributed by atoms with van der Waals surface area (Å²) in [5.74, 6) is -0.780. The summed E-state index contributed by atoms with van der Waals surface area (Å²) < 4.78 is 10.9. The summed E-state index contributed by atoms with van der Waals surface area (Å²) in [7, 11) is 0. The van der Waals surface area contributed by atoms with Crippen molar-refractivity contribution in [2.75, 3.05) is 19.8 Å². The third-order valence-electron chi connectivity index (χ3n) is 2.07. The average Bonchev–Trinajstić information content (AvgIpc) is 2.07. The lowest BCUT2D eigenvalue weighted by Crippen LogP contribution is -2.49. The molecule has 0 saturated carbocycles. The van der Waals surface area contributed by atoms with Gasteiger partial charge in [0, 0.05) is 13.0 Å². The number of primary amides is 1. The molecule has 1 aliphatic heterocycles. The lowest BCUT2D eigenvalue weighted by molar-refractivity contribution is -0.252. The Balaban J connectivity index is 2.13. The Kier molecular flexibility index (Phi) is 3.86. The molecule has 1 saturated heterocycles. The van der Waals surface area contributed by atoms with E-state index in [1.165, 1.54) is 0 Å². The highest BCUT2D eigenvalue weighted by molar-refractivity contribution is 5.73. The lowest BCUT2D eigenvalue weighted by atomic mass is 10.2. The molecule has 0 aliphatic carbocycles. The van der Waals surface area contributed by atoms with Gasteiger partial charge in [-0.1, -0.05) is 0 Å². The van der Waals surface area contributed by atoms with Gasteiger partial charge in [0.1, 0.15) is 0 Å². The van der Waals surface area contributed by atoms with Crippen molar-refractivity contribution in [2.45, 2.75) is 32.1 Å². The number of amides is 1. The van der Waals surface area contributed by atoms with Crippen molar-refractivity contribution < 1.29 is 14.3 Å². The highest BCUT2D eigenvalue weighted by Crippen LogP contribution is 2.16.